The summed E-state index contributed by atoms with van der Waals surface area (Å²) in [4.78, 5) is 0. The summed E-state index contributed by atoms with van der Waals surface area (Å²) in [7, 11) is 0. The maximum atomic E-state index is 4.25. The fourth-order valence-electron chi connectivity index (χ4n) is 1.23. The molecular weight excluding hydrogens is 154 g/mol. The molecule has 1 aromatic carbocycles. The van der Waals surface area contributed by atoms with Gasteiger partial charge in [0.1, 0.15) is 0 Å². The number of hydrogen-bond acceptors (Lipinski definition) is 1. The molecule has 55 valence electrons. The van der Waals surface area contributed by atoms with Crippen molar-refractivity contribution in [3.05, 3.63) is 42.9 Å². The van der Waals surface area contributed by atoms with E-state index in [1.54, 1.807) is 3.97 Å². The molecule has 0 aliphatic rings. The van der Waals surface area contributed by atoms with Crippen molar-refractivity contribution in [2.45, 2.75) is 0 Å². The molecule has 0 bridgehead atoms. The molecule has 1 heterocycles. The van der Waals surface area contributed by atoms with Crippen LogP contribution >= 0.6 is 12.8 Å². The third-order valence-electron chi connectivity index (χ3n) is 1.77. The van der Waals surface area contributed by atoms with E-state index in [1.807, 2.05) is 30.5 Å². The van der Waals surface area contributed by atoms with E-state index >= 15 is 0 Å². The van der Waals surface area contributed by atoms with Gasteiger partial charge in [-0.3, -0.25) is 3.97 Å². The van der Waals surface area contributed by atoms with Crippen molar-refractivity contribution in [3.8, 4) is 0 Å². The van der Waals surface area contributed by atoms with E-state index in [1.165, 1.54) is 5.39 Å². The van der Waals surface area contributed by atoms with Gasteiger partial charge < -0.3 is 0 Å². The number of hydrogen-bond donors (Lipinski definition) is 1. The van der Waals surface area contributed by atoms with E-state index in [0.717, 1.165) is 11.1 Å². The standard InChI is InChI=1S/C9H8NS/c1-7-6-10(11)9-5-3-2-4-8(7)9/h2-6,11H,1H2. The highest BCUT2D eigenvalue weighted by Gasteiger charge is 1.99. The lowest BCUT2D eigenvalue weighted by Crippen LogP contribution is -1.73. The lowest BCUT2D eigenvalue weighted by atomic mass is 10.2. The van der Waals surface area contributed by atoms with Crippen molar-refractivity contribution in [1.29, 1.82) is 0 Å². The van der Waals surface area contributed by atoms with Gasteiger partial charge in [0.15, 0.2) is 0 Å². The van der Waals surface area contributed by atoms with Gasteiger partial charge in [-0.05, 0) is 18.6 Å². The first kappa shape index (κ1) is 6.80. The summed E-state index contributed by atoms with van der Waals surface area (Å²) in [5.74, 6) is 0. The maximum Gasteiger partial charge on any atom is 0.0591 e. The van der Waals surface area contributed by atoms with Crippen molar-refractivity contribution in [3.63, 3.8) is 0 Å². The molecule has 0 atom stereocenters. The molecule has 11 heavy (non-hydrogen) atoms. The van der Waals surface area contributed by atoms with Gasteiger partial charge in [-0.1, -0.05) is 31.0 Å². The summed E-state index contributed by atoms with van der Waals surface area (Å²) in [5, 5.41) is 1.17. The highest BCUT2D eigenvalue weighted by molar-refractivity contribution is 7.78. The quantitative estimate of drug-likeness (QED) is 0.568. The van der Waals surface area contributed by atoms with Gasteiger partial charge in [-0.2, -0.15) is 0 Å². The van der Waals surface area contributed by atoms with Crippen LogP contribution in [0.5, 0.6) is 0 Å². The highest BCUT2D eigenvalue weighted by Crippen LogP contribution is 2.20. The van der Waals surface area contributed by atoms with Crippen LogP contribution in [0.3, 0.4) is 0 Å². The van der Waals surface area contributed by atoms with Gasteiger partial charge in [0.2, 0.25) is 0 Å². The molecule has 1 nitrogen and oxygen atoms in total. The predicted octanol–water partition coefficient (Wildman–Crippen LogP) is 2.52. The van der Waals surface area contributed by atoms with E-state index in [4.69, 9.17) is 0 Å². The second-order valence-corrected chi connectivity index (χ2v) is 2.95. The fourth-order valence-corrected chi connectivity index (χ4v) is 1.55. The lowest BCUT2D eigenvalue weighted by Gasteiger charge is -1.91. The SMILES string of the molecule is [CH2]c1cn(S)c2ccccc12. The summed E-state index contributed by atoms with van der Waals surface area (Å²) < 4.78 is 1.79. The molecule has 1 aromatic heterocycles. The van der Waals surface area contributed by atoms with Gasteiger partial charge in [-0.25, -0.2) is 0 Å². The average Bonchev–Trinajstić information content (AvgIpc) is 2.30. The van der Waals surface area contributed by atoms with Crippen molar-refractivity contribution in [1.82, 2.24) is 3.97 Å². The second-order valence-electron chi connectivity index (χ2n) is 2.52. The first-order chi connectivity index (χ1) is 5.29. The number of nitrogens with zero attached hydrogens (tertiary/aromatic N) is 1. The largest absolute Gasteiger partial charge is 0.294 e. The normalized spacial score (nSPS) is 10.7. The Kier molecular flexibility index (Phi) is 1.43. The van der Waals surface area contributed by atoms with Gasteiger partial charge in [0, 0.05) is 11.6 Å². The summed E-state index contributed by atoms with van der Waals surface area (Å²) in [6, 6.07) is 8.07. The maximum absolute atomic E-state index is 4.25. The smallest absolute Gasteiger partial charge is 0.0591 e. The van der Waals surface area contributed by atoms with E-state index < -0.39 is 0 Å². The van der Waals surface area contributed by atoms with Crippen molar-refractivity contribution in [2.24, 2.45) is 0 Å². The first-order valence-corrected chi connectivity index (χ1v) is 3.80. The fraction of sp³-hybridized carbons (Fsp3) is 0. The molecule has 2 aromatic rings. The van der Waals surface area contributed by atoms with Crippen molar-refractivity contribution in [2.75, 3.05) is 0 Å². The van der Waals surface area contributed by atoms with Gasteiger partial charge in [0.05, 0.1) is 5.52 Å². The Hall–Kier alpha value is -0.890. The molecule has 2 heteroatoms. The molecule has 0 spiro atoms. The molecule has 0 amide bonds. The Bertz CT molecular complexity index is 353. The molecule has 1 radical (unpaired) electrons. The average molecular weight is 162 g/mol. The highest BCUT2D eigenvalue weighted by atomic mass is 32.1. The number of benzene rings is 1. The number of aromatic nitrogens is 1. The minimum atomic E-state index is 1.02. The molecule has 0 saturated heterocycles. The molecule has 0 unspecified atom stereocenters. The predicted molar refractivity (Wildman–Crippen MR) is 50.8 cm³/mol. The zero-order valence-corrected chi connectivity index (χ0v) is 6.88. The third-order valence-corrected chi connectivity index (χ3v) is 2.11. The monoisotopic (exact) mass is 162 g/mol. The van der Waals surface area contributed by atoms with Crippen LogP contribution in [-0.2, 0) is 0 Å². The molecule has 0 saturated carbocycles. The second kappa shape index (κ2) is 2.31. The number of para-hydroxylation sites is 1. The molecule has 2 rings (SSSR count). The van der Waals surface area contributed by atoms with Crippen LogP contribution in [-0.4, -0.2) is 3.97 Å². The zero-order chi connectivity index (χ0) is 7.84. The Morgan fingerprint density at radius 1 is 1.27 bits per heavy atom. The summed E-state index contributed by atoms with van der Waals surface area (Å²) in [5.41, 5.74) is 2.14. The van der Waals surface area contributed by atoms with E-state index in [0.29, 0.717) is 0 Å². The van der Waals surface area contributed by atoms with Gasteiger partial charge in [0.25, 0.3) is 0 Å². The minimum absolute atomic E-state index is 1.02. The van der Waals surface area contributed by atoms with Crippen molar-refractivity contribution >= 4 is 23.7 Å². The topological polar surface area (TPSA) is 4.93 Å². The van der Waals surface area contributed by atoms with Crippen LogP contribution < -0.4 is 0 Å². The van der Waals surface area contributed by atoms with Gasteiger partial charge >= 0.3 is 0 Å². The molecular formula is C9H8NS. The van der Waals surface area contributed by atoms with Crippen LogP contribution in [0.4, 0.5) is 0 Å². The molecule has 0 aliphatic carbocycles. The van der Waals surface area contributed by atoms with Crippen LogP contribution in [0.25, 0.3) is 10.9 Å². The van der Waals surface area contributed by atoms with Crippen LogP contribution in [0.15, 0.2) is 30.5 Å². The summed E-state index contributed by atoms with van der Waals surface area (Å²) in [6.07, 6.45) is 1.91. The zero-order valence-electron chi connectivity index (χ0n) is 5.99. The molecule has 0 aliphatic heterocycles. The van der Waals surface area contributed by atoms with Crippen LogP contribution in [0, 0.1) is 6.92 Å². The van der Waals surface area contributed by atoms with E-state index in [-0.39, 0.29) is 0 Å². The Balaban J connectivity index is 2.95. The number of thiol groups is 1. The van der Waals surface area contributed by atoms with Crippen LogP contribution in [0.2, 0.25) is 0 Å². The van der Waals surface area contributed by atoms with Crippen molar-refractivity contribution < 1.29 is 0 Å². The van der Waals surface area contributed by atoms with Crippen LogP contribution in [0.1, 0.15) is 5.56 Å². The number of rotatable bonds is 0. The molecule has 0 fully saturated rings. The van der Waals surface area contributed by atoms with E-state index in [9.17, 15) is 0 Å². The minimum Gasteiger partial charge on any atom is -0.294 e. The first-order valence-electron chi connectivity index (χ1n) is 3.40. The molecule has 0 N–H and O–H groups in total. The number of fused-ring (bicyclic) bond motifs is 1. The Morgan fingerprint density at radius 3 is 2.73 bits per heavy atom. The lowest BCUT2D eigenvalue weighted by molar-refractivity contribution is 1.36. The summed E-state index contributed by atoms with van der Waals surface area (Å²) >= 11 is 4.25. The van der Waals surface area contributed by atoms with Gasteiger partial charge in [-0.15, -0.1) is 0 Å². The Morgan fingerprint density at radius 2 is 2.00 bits per heavy atom. The summed E-state index contributed by atoms with van der Waals surface area (Å²) in [6.45, 7) is 3.90. The Labute approximate surface area is 71.2 Å². The third kappa shape index (κ3) is 0.942. The van der Waals surface area contributed by atoms with E-state index in [2.05, 4.69) is 19.7 Å².